The summed E-state index contributed by atoms with van der Waals surface area (Å²) in [7, 11) is 0. The number of hydrogen-bond donors (Lipinski definition) is 4. The lowest BCUT2D eigenvalue weighted by atomic mass is 10.2. The van der Waals surface area contributed by atoms with E-state index in [0.717, 1.165) is 0 Å². The molecule has 0 unspecified atom stereocenters. The van der Waals surface area contributed by atoms with Gasteiger partial charge in [-0.3, -0.25) is 0 Å². The molecule has 0 radical (unpaired) electrons. The molecule has 16 heavy (non-hydrogen) atoms. The second-order valence-corrected chi connectivity index (χ2v) is 3.90. The molecule has 1 aromatic heterocycles. The Kier molecular flexibility index (Phi) is 4.45. The molecule has 0 atom stereocenters. The smallest absolute Gasteiger partial charge is 0.135 e. The predicted molar refractivity (Wildman–Crippen MR) is 62.1 cm³/mol. The maximum absolute atomic E-state index is 8.94. The fourth-order valence-corrected chi connectivity index (χ4v) is 1.18. The Balaban J connectivity index is 2.87. The van der Waals surface area contributed by atoms with Gasteiger partial charge in [0.15, 0.2) is 0 Å². The first-order chi connectivity index (χ1) is 7.56. The summed E-state index contributed by atoms with van der Waals surface area (Å²) in [5.41, 5.74) is 5.64. The lowest BCUT2D eigenvalue weighted by Crippen LogP contribution is -2.28. The largest absolute Gasteiger partial charge is 0.394 e. The number of nitrogens with one attached hydrogen (secondary N) is 1. The molecule has 90 valence electrons. The van der Waals surface area contributed by atoms with Gasteiger partial charge in [0.05, 0.1) is 19.3 Å². The van der Waals surface area contributed by atoms with Crippen LogP contribution in [0, 0.1) is 0 Å². The third-order valence-electron chi connectivity index (χ3n) is 2.07. The summed E-state index contributed by atoms with van der Waals surface area (Å²) in [6.45, 7) is 3.59. The average Bonchev–Trinajstić information content (AvgIpc) is 2.25. The Morgan fingerprint density at radius 1 is 1.31 bits per heavy atom. The minimum Gasteiger partial charge on any atom is -0.394 e. The number of nitrogen functional groups attached to an aromatic ring is 1. The zero-order valence-corrected chi connectivity index (χ0v) is 9.51. The highest BCUT2D eigenvalue weighted by Crippen LogP contribution is 2.15. The van der Waals surface area contributed by atoms with Gasteiger partial charge in [0.25, 0.3) is 0 Å². The number of anilines is 2. The topological polar surface area (TPSA) is 104 Å². The molecule has 0 bridgehead atoms. The van der Waals surface area contributed by atoms with Crippen molar-refractivity contribution in [1.82, 2.24) is 9.97 Å². The standard InChI is InChI=1S/C10H18N4O2/c1-6(2)10-13-8(11)3-9(14-10)12-7(4-15)5-16/h3,6-7,15-16H,4-5H2,1-2H3,(H3,11,12,13,14). The van der Waals surface area contributed by atoms with Crippen molar-refractivity contribution in [3.8, 4) is 0 Å². The van der Waals surface area contributed by atoms with Crippen molar-refractivity contribution < 1.29 is 10.2 Å². The lowest BCUT2D eigenvalue weighted by Gasteiger charge is -2.15. The van der Waals surface area contributed by atoms with Crippen LogP contribution in [0.4, 0.5) is 11.6 Å². The number of rotatable bonds is 5. The van der Waals surface area contributed by atoms with Gasteiger partial charge in [-0.1, -0.05) is 13.8 Å². The second-order valence-electron chi connectivity index (χ2n) is 3.90. The van der Waals surface area contributed by atoms with E-state index in [2.05, 4.69) is 15.3 Å². The summed E-state index contributed by atoms with van der Waals surface area (Å²) in [5.74, 6) is 1.70. The molecular formula is C10H18N4O2. The first-order valence-corrected chi connectivity index (χ1v) is 5.19. The van der Waals surface area contributed by atoms with E-state index < -0.39 is 6.04 Å². The zero-order valence-electron chi connectivity index (χ0n) is 9.51. The third-order valence-corrected chi connectivity index (χ3v) is 2.07. The molecule has 1 aromatic rings. The van der Waals surface area contributed by atoms with Gasteiger partial charge in [-0.2, -0.15) is 0 Å². The maximum atomic E-state index is 8.94. The molecule has 5 N–H and O–H groups in total. The van der Waals surface area contributed by atoms with Gasteiger partial charge < -0.3 is 21.3 Å². The number of nitrogens with two attached hydrogens (primary N) is 1. The highest BCUT2D eigenvalue weighted by molar-refractivity contribution is 5.45. The minimum atomic E-state index is -0.436. The van der Waals surface area contributed by atoms with E-state index in [1.807, 2.05) is 13.8 Å². The lowest BCUT2D eigenvalue weighted by molar-refractivity contribution is 0.203. The molecular weight excluding hydrogens is 208 g/mol. The van der Waals surface area contributed by atoms with E-state index in [1.54, 1.807) is 6.07 Å². The molecule has 6 nitrogen and oxygen atoms in total. The minimum absolute atomic E-state index is 0.169. The number of aliphatic hydroxyl groups excluding tert-OH is 2. The third kappa shape index (κ3) is 3.32. The van der Waals surface area contributed by atoms with Gasteiger partial charge in [-0.05, 0) is 0 Å². The molecule has 6 heteroatoms. The Labute approximate surface area is 94.5 Å². The molecule has 0 aliphatic heterocycles. The van der Waals surface area contributed by atoms with Crippen molar-refractivity contribution in [1.29, 1.82) is 0 Å². The summed E-state index contributed by atoms with van der Waals surface area (Å²) in [5, 5.41) is 20.8. The number of aromatic nitrogens is 2. The van der Waals surface area contributed by atoms with Crippen molar-refractivity contribution in [2.24, 2.45) is 0 Å². The Morgan fingerprint density at radius 2 is 1.94 bits per heavy atom. The van der Waals surface area contributed by atoms with Crippen LogP contribution in [0.2, 0.25) is 0 Å². The summed E-state index contributed by atoms with van der Waals surface area (Å²) in [6, 6.07) is 1.14. The van der Waals surface area contributed by atoms with E-state index in [9.17, 15) is 0 Å². The molecule has 0 saturated carbocycles. The van der Waals surface area contributed by atoms with Crippen LogP contribution in [-0.4, -0.2) is 39.4 Å². The van der Waals surface area contributed by atoms with Crippen LogP contribution in [0.3, 0.4) is 0 Å². The molecule has 1 heterocycles. The summed E-state index contributed by atoms with van der Waals surface area (Å²) >= 11 is 0. The maximum Gasteiger partial charge on any atom is 0.135 e. The van der Waals surface area contributed by atoms with Crippen LogP contribution in [-0.2, 0) is 0 Å². The van der Waals surface area contributed by atoms with Crippen LogP contribution in [0.1, 0.15) is 25.6 Å². The number of hydrogen-bond acceptors (Lipinski definition) is 6. The Bertz CT molecular complexity index is 340. The summed E-state index contributed by atoms with van der Waals surface area (Å²) in [6.07, 6.45) is 0. The van der Waals surface area contributed by atoms with Gasteiger partial charge >= 0.3 is 0 Å². The first kappa shape index (κ1) is 12.7. The van der Waals surface area contributed by atoms with Gasteiger partial charge in [0.2, 0.25) is 0 Å². The molecule has 0 amide bonds. The van der Waals surface area contributed by atoms with Gasteiger partial charge in [-0.25, -0.2) is 9.97 Å². The van der Waals surface area contributed by atoms with Crippen molar-refractivity contribution in [3.63, 3.8) is 0 Å². The average molecular weight is 226 g/mol. The first-order valence-electron chi connectivity index (χ1n) is 5.19. The SMILES string of the molecule is CC(C)c1nc(N)cc(NC(CO)CO)n1. The summed E-state index contributed by atoms with van der Waals surface area (Å²) in [4.78, 5) is 8.34. The highest BCUT2D eigenvalue weighted by atomic mass is 16.3. The zero-order chi connectivity index (χ0) is 12.1. The molecule has 1 rings (SSSR count). The Morgan fingerprint density at radius 3 is 2.44 bits per heavy atom. The van der Waals surface area contributed by atoms with Crippen LogP contribution in [0.5, 0.6) is 0 Å². The van der Waals surface area contributed by atoms with Crippen molar-refractivity contribution in [3.05, 3.63) is 11.9 Å². The van der Waals surface area contributed by atoms with E-state index in [-0.39, 0.29) is 19.1 Å². The Hall–Kier alpha value is -1.40. The van der Waals surface area contributed by atoms with Crippen molar-refractivity contribution in [2.75, 3.05) is 24.3 Å². The van der Waals surface area contributed by atoms with Crippen LogP contribution < -0.4 is 11.1 Å². The molecule has 0 spiro atoms. The molecule has 0 aromatic carbocycles. The van der Waals surface area contributed by atoms with E-state index >= 15 is 0 Å². The van der Waals surface area contributed by atoms with Crippen molar-refractivity contribution in [2.45, 2.75) is 25.8 Å². The van der Waals surface area contributed by atoms with Gasteiger partial charge in [-0.15, -0.1) is 0 Å². The molecule has 0 aliphatic carbocycles. The second kappa shape index (κ2) is 5.62. The van der Waals surface area contributed by atoms with E-state index in [0.29, 0.717) is 17.5 Å². The fourth-order valence-electron chi connectivity index (χ4n) is 1.18. The monoisotopic (exact) mass is 226 g/mol. The predicted octanol–water partition coefficient (Wildman–Crippen LogP) is -0.0527. The van der Waals surface area contributed by atoms with Crippen LogP contribution in [0.25, 0.3) is 0 Å². The molecule has 0 aliphatic rings. The normalized spacial score (nSPS) is 11.1. The van der Waals surface area contributed by atoms with Crippen molar-refractivity contribution >= 4 is 11.6 Å². The van der Waals surface area contributed by atoms with E-state index in [1.165, 1.54) is 0 Å². The number of aliphatic hydroxyl groups is 2. The van der Waals surface area contributed by atoms with Gasteiger partial charge in [0, 0.05) is 12.0 Å². The highest BCUT2D eigenvalue weighted by Gasteiger charge is 2.10. The fraction of sp³-hybridized carbons (Fsp3) is 0.600. The van der Waals surface area contributed by atoms with Crippen LogP contribution >= 0.6 is 0 Å². The van der Waals surface area contributed by atoms with Crippen LogP contribution in [0.15, 0.2) is 6.07 Å². The quantitative estimate of drug-likeness (QED) is 0.561. The molecule has 0 fully saturated rings. The molecule has 0 saturated heterocycles. The van der Waals surface area contributed by atoms with E-state index in [4.69, 9.17) is 15.9 Å². The van der Waals surface area contributed by atoms with Gasteiger partial charge in [0.1, 0.15) is 17.5 Å². The number of nitrogens with zero attached hydrogens (tertiary/aromatic N) is 2. The summed E-state index contributed by atoms with van der Waals surface area (Å²) < 4.78 is 0.